The molecule has 12 heteroatoms. The Labute approximate surface area is 183 Å². The number of benzene rings is 1. The second-order valence-electron chi connectivity index (χ2n) is 7.25. The molecule has 4 rings (SSSR count). The minimum absolute atomic E-state index is 0.0695. The van der Waals surface area contributed by atoms with Crippen LogP contribution in [0.15, 0.2) is 42.7 Å². The molecule has 0 aliphatic heterocycles. The van der Waals surface area contributed by atoms with Crippen molar-refractivity contribution in [2.24, 2.45) is 0 Å². The number of hydrogen-bond acceptors (Lipinski definition) is 4. The van der Waals surface area contributed by atoms with E-state index < -0.39 is 42.4 Å². The number of pyridine rings is 1. The molecule has 33 heavy (non-hydrogen) atoms. The Morgan fingerprint density at radius 1 is 1.15 bits per heavy atom. The first kappa shape index (κ1) is 22.4. The summed E-state index contributed by atoms with van der Waals surface area (Å²) < 4.78 is 69.4. The van der Waals surface area contributed by atoms with Gasteiger partial charge in [-0.2, -0.15) is 10.2 Å². The molecule has 1 aromatic carbocycles. The molecule has 0 fully saturated rings. The highest BCUT2D eigenvalue weighted by Crippen LogP contribution is 2.32. The van der Waals surface area contributed by atoms with E-state index in [-0.39, 0.29) is 23.3 Å². The number of carbonyl (C=O) groups excluding carboxylic acids is 1. The highest BCUT2D eigenvalue weighted by atomic mass is 19.3. The Morgan fingerprint density at radius 3 is 2.61 bits per heavy atom. The van der Waals surface area contributed by atoms with Gasteiger partial charge in [0.05, 0.1) is 29.5 Å². The number of nitrogens with one attached hydrogen (secondary N) is 1. The summed E-state index contributed by atoms with van der Waals surface area (Å²) in [6.07, 6.45) is -3.24. The minimum Gasteiger partial charge on any atom is -0.322 e. The van der Waals surface area contributed by atoms with Gasteiger partial charge in [-0.1, -0.05) is 18.2 Å². The molecule has 0 saturated carbocycles. The molecule has 0 spiro atoms. The lowest BCUT2D eigenvalue weighted by atomic mass is 10.1. The molecule has 0 bridgehead atoms. The lowest BCUT2D eigenvalue weighted by Gasteiger charge is -2.08. The number of amides is 1. The minimum atomic E-state index is -3.07. The number of aryl methyl sites for hydroxylation is 1. The van der Waals surface area contributed by atoms with Gasteiger partial charge in [-0.25, -0.2) is 31.6 Å². The average Bonchev–Trinajstić information content (AvgIpc) is 3.32. The van der Waals surface area contributed by atoms with Crippen LogP contribution in [-0.2, 0) is 17.9 Å². The normalized spacial score (nSPS) is 11.6. The van der Waals surface area contributed by atoms with Crippen molar-refractivity contribution in [3.05, 3.63) is 71.1 Å². The van der Waals surface area contributed by atoms with Gasteiger partial charge in [-0.05, 0) is 19.1 Å². The lowest BCUT2D eigenvalue weighted by Crippen LogP contribution is -2.19. The highest BCUT2D eigenvalue weighted by molar-refractivity contribution is 5.91. The molecule has 3 aromatic heterocycles. The van der Waals surface area contributed by atoms with E-state index in [1.807, 2.05) is 0 Å². The van der Waals surface area contributed by atoms with Crippen LogP contribution in [0.25, 0.3) is 11.0 Å². The van der Waals surface area contributed by atoms with E-state index in [0.717, 1.165) is 4.68 Å². The van der Waals surface area contributed by atoms with E-state index in [0.29, 0.717) is 17.3 Å². The molecule has 0 radical (unpaired) electrons. The third-order valence-electron chi connectivity index (χ3n) is 4.89. The smallest absolute Gasteiger partial charge is 0.280 e. The molecule has 3 heterocycles. The third-order valence-corrected chi connectivity index (χ3v) is 4.89. The fraction of sp³-hybridized carbons (Fsp3) is 0.238. The Hall–Kier alpha value is -3.83. The number of rotatable bonds is 7. The highest BCUT2D eigenvalue weighted by Gasteiger charge is 2.24. The van der Waals surface area contributed by atoms with Crippen LogP contribution in [0.3, 0.4) is 0 Å². The first-order valence-electron chi connectivity index (χ1n) is 9.73. The van der Waals surface area contributed by atoms with Gasteiger partial charge in [0.25, 0.3) is 12.9 Å². The number of alkyl halides is 4. The largest absolute Gasteiger partial charge is 0.322 e. The standard InChI is InChI=1S/C21H17F5N6O/c1-11-18-14(19(23)24)6-16(20(25)26)29-21(18)32(30-11)10-17(33)28-13-7-27-31(9-13)8-12-4-2-3-5-15(12)22/h2-7,9,19-20H,8,10H2,1H3,(H,28,33). The molecule has 0 aliphatic rings. The van der Waals surface area contributed by atoms with Crippen molar-refractivity contribution in [2.45, 2.75) is 32.9 Å². The summed E-state index contributed by atoms with van der Waals surface area (Å²) in [4.78, 5) is 16.2. The molecular weight excluding hydrogens is 447 g/mol. The van der Waals surface area contributed by atoms with Crippen LogP contribution < -0.4 is 5.32 Å². The molecule has 7 nitrogen and oxygen atoms in total. The van der Waals surface area contributed by atoms with Gasteiger partial charge in [-0.3, -0.25) is 9.48 Å². The van der Waals surface area contributed by atoms with Crippen LogP contribution in [0.1, 0.15) is 35.4 Å². The fourth-order valence-electron chi connectivity index (χ4n) is 3.45. The average molecular weight is 464 g/mol. The van der Waals surface area contributed by atoms with Crippen molar-refractivity contribution in [3.63, 3.8) is 0 Å². The van der Waals surface area contributed by atoms with E-state index in [1.54, 1.807) is 18.2 Å². The van der Waals surface area contributed by atoms with Crippen LogP contribution in [0.4, 0.5) is 27.6 Å². The molecule has 1 amide bonds. The second kappa shape index (κ2) is 8.96. The predicted octanol–water partition coefficient (Wildman–Crippen LogP) is 4.64. The van der Waals surface area contributed by atoms with Crippen molar-refractivity contribution < 1.29 is 26.7 Å². The first-order chi connectivity index (χ1) is 15.7. The number of aromatic nitrogens is 5. The van der Waals surface area contributed by atoms with Crippen molar-refractivity contribution >= 4 is 22.6 Å². The summed E-state index contributed by atoms with van der Waals surface area (Å²) in [6.45, 7) is 1.12. The number of hydrogen-bond donors (Lipinski definition) is 1. The summed E-state index contributed by atoms with van der Waals surface area (Å²) in [6, 6.07) is 6.84. The Balaban J connectivity index is 1.54. The van der Waals surface area contributed by atoms with E-state index in [9.17, 15) is 26.7 Å². The van der Waals surface area contributed by atoms with Crippen molar-refractivity contribution in [1.29, 1.82) is 0 Å². The Bertz CT molecular complexity index is 1320. The number of halogens is 5. The first-order valence-corrected chi connectivity index (χ1v) is 9.73. The third kappa shape index (κ3) is 4.69. The second-order valence-corrected chi connectivity index (χ2v) is 7.25. The van der Waals surface area contributed by atoms with E-state index in [2.05, 4.69) is 20.5 Å². The van der Waals surface area contributed by atoms with E-state index >= 15 is 0 Å². The molecular formula is C21H17F5N6O. The maximum absolute atomic E-state index is 13.8. The fourth-order valence-corrected chi connectivity index (χ4v) is 3.45. The molecule has 0 aliphatic carbocycles. The van der Waals surface area contributed by atoms with Gasteiger partial charge in [0.2, 0.25) is 5.91 Å². The maximum atomic E-state index is 13.8. The summed E-state index contributed by atoms with van der Waals surface area (Å²) in [5.41, 5.74) is -0.820. The molecule has 0 unspecified atom stereocenters. The lowest BCUT2D eigenvalue weighted by molar-refractivity contribution is -0.116. The van der Waals surface area contributed by atoms with Gasteiger partial charge in [0.1, 0.15) is 18.1 Å². The summed E-state index contributed by atoms with van der Waals surface area (Å²) in [7, 11) is 0. The van der Waals surface area contributed by atoms with Gasteiger partial charge in [0.15, 0.2) is 5.65 Å². The van der Waals surface area contributed by atoms with E-state index in [4.69, 9.17) is 0 Å². The van der Waals surface area contributed by atoms with Crippen LogP contribution in [0.2, 0.25) is 0 Å². The summed E-state index contributed by atoms with van der Waals surface area (Å²) in [5.74, 6) is -0.994. The topological polar surface area (TPSA) is 77.6 Å². The van der Waals surface area contributed by atoms with Crippen LogP contribution in [0, 0.1) is 12.7 Å². The molecule has 1 N–H and O–H groups in total. The molecule has 0 saturated heterocycles. The predicted molar refractivity (Wildman–Crippen MR) is 109 cm³/mol. The number of anilines is 1. The monoisotopic (exact) mass is 464 g/mol. The van der Waals surface area contributed by atoms with Crippen LogP contribution in [-0.4, -0.2) is 30.5 Å². The maximum Gasteiger partial charge on any atom is 0.280 e. The Morgan fingerprint density at radius 2 is 1.91 bits per heavy atom. The van der Waals surface area contributed by atoms with Gasteiger partial charge in [0, 0.05) is 17.3 Å². The van der Waals surface area contributed by atoms with E-state index in [1.165, 1.54) is 30.1 Å². The summed E-state index contributed by atoms with van der Waals surface area (Å²) in [5, 5.41) is 10.6. The van der Waals surface area contributed by atoms with Gasteiger partial charge in [-0.15, -0.1) is 0 Å². The zero-order valence-corrected chi connectivity index (χ0v) is 17.1. The van der Waals surface area contributed by atoms with Crippen LogP contribution >= 0.6 is 0 Å². The van der Waals surface area contributed by atoms with Gasteiger partial charge >= 0.3 is 0 Å². The number of carbonyl (C=O) groups is 1. The zero-order valence-electron chi connectivity index (χ0n) is 17.1. The van der Waals surface area contributed by atoms with Crippen molar-refractivity contribution in [1.82, 2.24) is 24.5 Å². The SMILES string of the molecule is Cc1nn(CC(=O)Nc2cnn(Cc3ccccc3F)c2)c2nc(C(F)F)cc(C(F)F)c12. The quantitative estimate of drug-likeness (QED) is 0.405. The van der Waals surface area contributed by atoms with Crippen molar-refractivity contribution in [3.8, 4) is 0 Å². The number of fused-ring (bicyclic) bond motifs is 1. The zero-order chi connectivity index (χ0) is 23.7. The number of nitrogens with zero attached hydrogens (tertiary/aromatic N) is 5. The summed E-state index contributed by atoms with van der Waals surface area (Å²) >= 11 is 0. The van der Waals surface area contributed by atoms with Gasteiger partial charge < -0.3 is 5.32 Å². The molecule has 0 atom stereocenters. The van der Waals surface area contributed by atoms with Crippen molar-refractivity contribution in [2.75, 3.05) is 5.32 Å². The molecule has 4 aromatic rings. The Kier molecular flexibility index (Phi) is 6.07. The van der Waals surface area contributed by atoms with Crippen LogP contribution in [0.5, 0.6) is 0 Å². The molecule has 172 valence electrons.